The summed E-state index contributed by atoms with van der Waals surface area (Å²) in [4.78, 5) is 21.7. The van der Waals surface area contributed by atoms with Crippen molar-refractivity contribution >= 4 is 11.9 Å². The Labute approximate surface area is 88.5 Å². The number of aliphatic hydroxyl groups is 1. The van der Waals surface area contributed by atoms with E-state index in [-0.39, 0.29) is 18.2 Å². The summed E-state index contributed by atoms with van der Waals surface area (Å²) in [6.45, 7) is 1.80. The monoisotopic (exact) mass is 218 g/mol. The fourth-order valence-electron chi connectivity index (χ4n) is 0.947. The molecule has 0 heterocycles. The van der Waals surface area contributed by atoms with Crippen LogP contribution in [-0.2, 0) is 9.59 Å². The van der Waals surface area contributed by atoms with Gasteiger partial charge in [-0.15, -0.1) is 0 Å². The maximum atomic E-state index is 11.2. The zero-order valence-corrected chi connectivity index (χ0v) is 8.77. The van der Waals surface area contributed by atoms with E-state index < -0.39 is 18.6 Å². The molecule has 0 aliphatic rings. The third-order valence-corrected chi connectivity index (χ3v) is 2.08. The number of carbonyl (C=O) groups excluding carboxylic acids is 1. The molecule has 0 radical (unpaired) electrons. The van der Waals surface area contributed by atoms with Crippen LogP contribution >= 0.6 is 0 Å². The number of aliphatic carboxylic acids is 1. The van der Waals surface area contributed by atoms with Crippen LogP contribution in [0.3, 0.4) is 0 Å². The fourth-order valence-corrected chi connectivity index (χ4v) is 0.947. The van der Waals surface area contributed by atoms with Crippen molar-refractivity contribution in [2.45, 2.75) is 25.8 Å². The average Bonchev–Trinajstić information content (AvgIpc) is 2.21. The van der Waals surface area contributed by atoms with E-state index in [0.29, 0.717) is 13.0 Å². The summed E-state index contributed by atoms with van der Waals surface area (Å²) < 4.78 is 0. The van der Waals surface area contributed by atoms with Crippen molar-refractivity contribution in [3.8, 4) is 0 Å². The van der Waals surface area contributed by atoms with E-state index in [9.17, 15) is 9.59 Å². The van der Waals surface area contributed by atoms with Crippen LogP contribution in [0.1, 0.15) is 19.8 Å². The van der Waals surface area contributed by atoms with Crippen LogP contribution < -0.4 is 11.1 Å². The van der Waals surface area contributed by atoms with Crippen molar-refractivity contribution < 1.29 is 19.8 Å². The molecule has 0 aromatic rings. The first-order valence-electron chi connectivity index (χ1n) is 4.84. The van der Waals surface area contributed by atoms with Gasteiger partial charge in [-0.1, -0.05) is 6.92 Å². The number of rotatable bonds is 7. The summed E-state index contributed by atoms with van der Waals surface area (Å²) in [6, 6.07) is -1.22. The molecule has 0 spiro atoms. The summed E-state index contributed by atoms with van der Waals surface area (Å²) in [5.41, 5.74) is 5.37. The molecule has 0 saturated carbocycles. The summed E-state index contributed by atoms with van der Waals surface area (Å²) >= 11 is 0. The largest absolute Gasteiger partial charge is 0.480 e. The first-order valence-corrected chi connectivity index (χ1v) is 4.84. The highest BCUT2D eigenvalue weighted by atomic mass is 16.4. The van der Waals surface area contributed by atoms with Crippen LogP contribution in [0.15, 0.2) is 0 Å². The van der Waals surface area contributed by atoms with Gasteiger partial charge in [0.15, 0.2) is 0 Å². The first kappa shape index (κ1) is 13.9. The van der Waals surface area contributed by atoms with Crippen LogP contribution in [0, 0.1) is 5.92 Å². The summed E-state index contributed by atoms with van der Waals surface area (Å²) in [5, 5.41) is 19.4. The molecular formula is C9H18N2O4. The zero-order valence-electron chi connectivity index (χ0n) is 8.77. The van der Waals surface area contributed by atoms with E-state index in [0.717, 1.165) is 0 Å². The van der Waals surface area contributed by atoms with Crippen LogP contribution in [0.5, 0.6) is 0 Å². The smallest absolute Gasteiger partial charge is 0.328 e. The molecule has 0 bridgehead atoms. The van der Waals surface area contributed by atoms with E-state index in [1.807, 2.05) is 6.92 Å². The Morgan fingerprint density at radius 3 is 2.47 bits per heavy atom. The highest BCUT2D eigenvalue weighted by Crippen LogP contribution is 2.02. The molecule has 0 aliphatic carbocycles. The van der Waals surface area contributed by atoms with E-state index in [4.69, 9.17) is 15.9 Å². The molecule has 5 N–H and O–H groups in total. The molecule has 0 aliphatic heterocycles. The molecule has 6 heteroatoms. The minimum absolute atomic E-state index is 0.224. The van der Waals surface area contributed by atoms with E-state index in [1.54, 1.807) is 0 Å². The van der Waals surface area contributed by atoms with E-state index in [2.05, 4.69) is 5.32 Å². The summed E-state index contributed by atoms with van der Waals surface area (Å²) in [7, 11) is 0. The average molecular weight is 218 g/mol. The molecule has 1 amide bonds. The number of carboxylic acids is 1. The van der Waals surface area contributed by atoms with Gasteiger partial charge in [0.25, 0.3) is 0 Å². The maximum Gasteiger partial charge on any atom is 0.328 e. The molecule has 15 heavy (non-hydrogen) atoms. The van der Waals surface area contributed by atoms with Gasteiger partial charge in [0.2, 0.25) is 5.91 Å². The van der Waals surface area contributed by atoms with Gasteiger partial charge in [-0.2, -0.15) is 0 Å². The summed E-state index contributed by atoms with van der Waals surface area (Å²) in [6.07, 6.45) is 0.836. The van der Waals surface area contributed by atoms with Crippen molar-refractivity contribution in [3.63, 3.8) is 0 Å². The quantitative estimate of drug-likeness (QED) is 0.434. The Morgan fingerprint density at radius 2 is 2.07 bits per heavy atom. The Bertz CT molecular complexity index is 220. The molecule has 0 rings (SSSR count). The molecule has 0 fully saturated rings. The number of carbonyl (C=O) groups is 2. The number of nitrogens with one attached hydrogen (secondary N) is 1. The van der Waals surface area contributed by atoms with Crippen LogP contribution in [-0.4, -0.2) is 41.3 Å². The highest BCUT2D eigenvalue weighted by molar-refractivity contribution is 5.83. The number of amides is 1. The van der Waals surface area contributed by atoms with Crippen LogP contribution in [0.2, 0.25) is 0 Å². The van der Waals surface area contributed by atoms with Gasteiger partial charge in [0.05, 0.1) is 6.61 Å². The van der Waals surface area contributed by atoms with Gasteiger partial charge >= 0.3 is 5.97 Å². The maximum absolute atomic E-state index is 11.2. The van der Waals surface area contributed by atoms with Gasteiger partial charge in [-0.05, 0) is 18.9 Å². The molecule has 0 saturated heterocycles. The lowest BCUT2D eigenvalue weighted by molar-refractivity contribution is -0.143. The fraction of sp³-hybridized carbons (Fsp3) is 0.778. The minimum atomic E-state index is -1.24. The molecule has 0 aromatic heterocycles. The first-order chi connectivity index (χ1) is 7.01. The molecule has 88 valence electrons. The number of nitrogens with two attached hydrogens (primary N) is 1. The normalized spacial score (nSPS) is 14.3. The van der Waals surface area contributed by atoms with Gasteiger partial charge < -0.3 is 21.3 Å². The molecule has 0 aromatic carbocycles. The van der Waals surface area contributed by atoms with Crippen molar-refractivity contribution in [2.75, 3.05) is 13.2 Å². The zero-order chi connectivity index (χ0) is 11.8. The number of aliphatic hydroxyl groups excluding tert-OH is 1. The second-order valence-electron chi connectivity index (χ2n) is 3.52. The lowest BCUT2D eigenvalue weighted by Crippen LogP contribution is -2.43. The van der Waals surface area contributed by atoms with E-state index >= 15 is 0 Å². The topological polar surface area (TPSA) is 113 Å². The van der Waals surface area contributed by atoms with Gasteiger partial charge in [-0.25, -0.2) is 4.79 Å². The Morgan fingerprint density at radius 1 is 1.47 bits per heavy atom. The van der Waals surface area contributed by atoms with Crippen LogP contribution in [0.25, 0.3) is 0 Å². The Hall–Kier alpha value is -1.14. The number of hydrogen-bond donors (Lipinski definition) is 4. The van der Waals surface area contributed by atoms with E-state index in [1.165, 1.54) is 0 Å². The van der Waals surface area contributed by atoms with Crippen molar-refractivity contribution in [2.24, 2.45) is 11.7 Å². The van der Waals surface area contributed by atoms with Gasteiger partial charge in [-0.3, -0.25) is 4.79 Å². The molecule has 6 nitrogen and oxygen atoms in total. The third-order valence-electron chi connectivity index (χ3n) is 2.08. The Kier molecular flexibility index (Phi) is 6.64. The molecule has 2 unspecified atom stereocenters. The lowest BCUT2D eigenvalue weighted by Gasteiger charge is -2.12. The molecular weight excluding hydrogens is 200 g/mol. The summed E-state index contributed by atoms with van der Waals surface area (Å²) in [5.74, 6) is -1.39. The van der Waals surface area contributed by atoms with Gasteiger partial charge in [0.1, 0.15) is 6.04 Å². The highest BCUT2D eigenvalue weighted by Gasteiger charge is 2.18. The van der Waals surface area contributed by atoms with Crippen molar-refractivity contribution in [1.82, 2.24) is 5.32 Å². The Balaban J connectivity index is 3.86. The lowest BCUT2D eigenvalue weighted by atomic mass is 10.1. The van der Waals surface area contributed by atoms with Crippen molar-refractivity contribution in [1.29, 1.82) is 0 Å². The molecule has 2 atom stereocenters. The van der Waals surface area contributed by atoms with Gasteiger partial charge in [0, 0.05) is 6.42 Å². The SMILES string of the molecule is CC(CN)CCC(=O)NC(CO)C(=O)O. The number of hydrogen-bond acceptors (Lipinski definition) is 4. The standard InChI is InChI=1S/C9H18N2O4/c1-6(4-10)2-3-8(13)11-7(5-12)9(14)15/h6-7,12H,2-5,10H2,1H3,(H,11,13)(H,14,15). The predicted octanol–water partition coefficient (Wildman–Crippen LogP) is -1.08. The second-order valence-corrected chi connectivity index (χ2v) is 3.52. The third kappa shape index (κ3) is 6.03. The number of carboxylic acid groups (broad SMARTS) is 1. The predicted molar refractivity (Wildman–Crippen MR) is 54.1 cm³/mol. The second kappa shape index (κ2) is 7.19. The van der Waals surface area contributed by atoms with Crippen LogP contribution in [0.4, 0.5) is 0 Å². The van der Waals surface area contributed by atoms with Crippen molar-refractivity contribution in [3.05, 3.63) is 0 Å². The minimum Gasteiger partial charge on any atom is -0.480 e.